The monoisotopic (exact) mass is 370 g/mol. The summed E-state index contributed by atoms with van der Waals surface area (Å²) in [5.74, 6) is 0.0630. The van der Waals surface area contributed by atoms with Gasteiger partial charge in [-0.15, -0.1) is 0 Å². The summed E-state index contributed by atoms with van der Waals surface area (Å²) in [6.07, 6.45) is 2.58. The Morgan fingerprint density at radius 3 is 2.64 bits per heavy atom. The number of carbonyl (C=O) groups is 1. The molecule has 0 radical (unpaired) electrons. The molecule has 1 aliphatic rings. The zero-order valence-corrected chi connectivity index (χ0v) is 15.9. The van der Waals surface area contributed by atoms with Gasteiger partial charge in [-0.05, 0) is 30.0 Å². The number of nitrogens with zero attached hydrogens (tertiary/aromatic N) is 2. The molecule has 2 aromatic carbocycles. The van der Waals surface area contributed by atoms with Crippen LogP contribution in [0.5, 0.6) is 0 Å². The minimum absolute atomic E-state index is 0.0630. The van der Waals surface area contributed by atoms with Crippen LogP contribution in [-0.4, -0.2) is 21.9 Å². The maximum absolute atomic E-state index is 13.4. The summed E-state index contributed by atoms with van der Waals surface area (Å²) >= 11 is 0. The molecule has 3 heterocycles. The van der Waals surface area contributed by atoms with Crippen LogP contribution < -0.4 is 0 Å². The van der Waals surface area contributed by atoms with Gasteiger partial charge in [-0.3, -0.25) is 4.79 Å². The van der Waals surface area contributed by atoms with Gasteiger partial charge < -0.3 is 13.9 Å². The Morgan fingerprint density at radius 2 is 1.82 bits per heavy atom. The van der Waals surface area contributed by atoms with Gasteiger partial charge >= 0.3 is 0 Å². The van der Waals surface area contributed by atoms with Crippen molar-refractivity contribution in [2.75, 3.05) is 6.54 Å². The second-order valence-corrected chi connectivity index (χ2v) is 7.52. The lowest BCUT2D eigenvalue weighted by atomic mass is 10.00. The van der Waals surface area contributed by atoms with Crippen molar-refractivity contribution in [3.05, 3.63) is 94.9 Å². The highest BCUT2D eigenvalue weighted by atomic mass is 16.3. The Kier molecular flexibility index (Phi) is 4.05. The molecule has 0 aliphatic carbocycles. The number of hydrogen-bond acceptors (Lipinski definition) is 2. The molecule has 0 saturated heterocycles. The maximum atomic E-state index is 13.4. The van der Waals surface area contributed by atoms with E-state index >= 15 is 0 Å². The lowest BCUT2D eigenvalue weighted by Gasteiger charge is -2.29. The summed E-state index contributed by atoms with van der Waals surface area (Å²) in [6.45, 7) is 4.13. The summed E-state index contributed by atoms with van der Waals surface area (Å²) < 4.78 is 7.67. The van der Waals surface area contributed by atoms with Crippen molar-refractivity contribution in [3.63, 3.8) is 0 Å². The number of hydrogen-bond donors (Lipinski definition) is 0. The van der Waals surface area contributed by atoms with Gasteiger partial charge in [-0.25, -0.2) is 0 Å². The zero-order chi connectivity index (χ0) is 19.1. The van der Waals surface area contributed by atoms with Gasteiger partial charge in [0.1, 0.15) is 5.69 Å². The number of benzene rings is 2. The van der Waals surface area contributed by atoms with E-state index in [9.17, 15) is 4.79 Å². The van der Waals surface area contributed by atoms with Crippen molar-refractivity contribution in [2.24, 2.45) is 0 Å². The van der Waals surface area contributed by atoms with E-state index in [0.717, 1.165) is 24.1 Å². The fourth-order valence-corrected chi connectivity index (χ4v) is 4.03. The van der Waals surface area contributed by atoms with Crippen molar-refractivity contribution >= 4 is 17.0 Å². The lowest BCUT2D eigenvalue weighted by Crippen LogP contribution is -2.37. The molecule has 4 aromatic rings. The van der Waals surface area contributed by atoms with Crippen molar-refractivity contribution < 1.29 is 9.21 Å². The summed E-state index contributed by atoms with van der Waals surface area (Å²) in [6, 6.07) is 20.6. The number of carbonyl (C=O) groups excluding carboxylic acids is 1. The number of rotatable bonds is 3. The lowest BCUT2D eigenvalue weighted by molar-refractivity contribution is 0.0724. The highest BCUT2D eigenvalue weighted by Crippen LogP contribution is 2.26. The van der Waals surface area contributed by atoms with Gasteiger partial charge in [0.05, 0.1) is 11.8 Å². The molecular formula is C24H22N2O2. The molecule has 28 heavy (non-hydrogen) atoms. The first kappa shape index (κ1) is 16.9. The van der Waals surface area contributed by atoms with Crippen molar-refractivity contribution in [1.29, 1.82) is 0 Å². The van der Waals surface area contributed by atoms with E-state index in [4.69, 9.17) is 4.42 Å². The topological polar surface area (TPSA) is 38.4 Å². The van der Waals surface area contributed by atoms with Crippen LogP contribution in [0.25, 0.3) is 11.1 Å². The molecular weight excluding hydrogens is 348 g/mol. The average Bonchev–Trinajstić information content (AvgIpc) is 3.31. The normalized spacial score (nSPS) is 13.7. The average molecular weight is 370 g/mol. The summed E-state index contributed by atoms with van der Waals surface area (Å²) in [7, 11) is 0. The van der Waals surface area contributed by atoms with E-state index in [1.807, 2.05) is 23.1 Å². The molecule has 0 N–H and O–H groups in total. The first-order chi connectivity index (χ1) is 13.7. The van der Waals surface area contributed by atoms with Crippen LogP contribution in [-0.2, 0) is 19.5 Å². The molecule has 0 bridgehead atoms. The second kappa shape index (κ2) is 6.71. The number of fused-ring (bicyclic) bond motifs is 2. The number of furan rings is 1. The van der Waals surface area contributed by atoms with Crippen molar-refractivity contribution in [3.8, 4) is 0 Å². The number of aromatic nitrogens is 1. The minimum Gasteiger partial charge on any atom is -0.463 e. The minimum atomic E-state index is 0.0630. The van der Waals surface area contributed by atoms with Crippen LogP contribution in [0.4, 0.5) is 0 Å². The van der Waals surface area contributed by atoms with Crippen molar-refractivity contribution in [1.82, 2.24) is 9.47 Å². The standard InChI is InChI=1S/C24H22N2O2/c1-17-6-8-18(9-7-17)15-26-21-11-13-28-23(21)14-22(26)24(27)25-12-10-19-4-2-3-5-20(19)16-25/h2-9,11,13-14H,10,12,15-16H2,1H3. The molecule has 4 heteroatoms. The molecule has 2 aromatic heterocycles. The Bertz CT molecular complexity index is 1150. The highest BCUT2D eigenvalue weighted by Gasteiger charge is 2.25. The van der Waals surface area contributed by atoms with Gasteiger partial charge in [0.25, 0.3) is 5.91 Å². The number of amides is 1. The van der Waals surface area contributed by atoms with Crippen LogP contribution in [0.15, 0.2) is 71.3 Å². The SMILES string of the molecule is Cc1ccc(Cn2c(C(=O)N3CCc4ccccc4C3)cc3occc32)cc1. The molecule has 1 amide bonds. The third-order valence-corrected chi connectivity index (χ3v) is 5.62. The highest BCUT2D eigenvalue weighted by molar-refractivity contribution is 5.97. The molecule has 0 spiro atoms. The van der Waals surface area contributed by atoms with Crippen LogP contribution >= 0.6 is 0 Å². The van der Waals surface area contributed by atoms with E-state index in [2.05, 4.69) is 54.0 Å². The fourth-order valence-electron chi connectivity index (χ4n) is 4.03. The fraction of sp³-hybridized carbons (Fsp3) is 0.208. The predicted molar refractivity (Wildman–Crippen MR) is 109 cm³/mol. The Balaban J connectivity index is 1.49. The maximum Gasteiger partial charge on any atom is 0.270 e. The summed E-state index contributed by atoms with van der Waals surface area (Å²) in [5.41, 5.74) is 7.39. The van der Waals surface area contributed by atoms with Gasteiger partial charge in [-0.1, -0.05) is 54.1 Å². The first-order valence-corrected chi connectivity index (χ1v) is 9.67. The van der Waals surface area contributed by atoms with E-state index < -0.39 is 0 Å². The molecule has 0 atom stereocenters. The third-order valence-electron chi connectivity index (χ3n) is 5.62. The molecule has 1 aliphatic heterocycles. The Morgan fingerprint density at radius 1 is 1.04 bits per heavy atom. The van der Waals surface area contributed by atoms with Crippen LogP contribution in [0.2, 0.25) is 0 Å². The zero-order valence-electron chi connectivity index (χ0n) is 15.9. The van der Waals surface area contributed by atoms with Gasteiger partial charge in [-0.2, -0.15) is 0 Å². The van der Waals surface area contributed by atoms with E-state index in [-0.39, 0.29) is 5.91 Å². The van der Waals surface area contributed by atoms with E-state index in [0.29, 0.717) is 18.8 Å². The quantitative estimate of drug-likeness (QED) is 0.520. The Labute approximate surface area is 164 Å². The van der Waals surface area contributed by atoms with E-state index in [1.54, 1.807) is 6.26 Å². The molecule has 0 fully saturated rings. The molecule has 4 nitrogen and oxygen atoms in total. The summed E-state index contributed by atoms with van der Waals surface area (Å²) in [4.78, 5) is 15.4. The van der Waals surface area contributed by atoms with E-state index in [1.165, 1.54) is 22.3 Å². The molecule has 0 unspecified atom stereocenters. The smallest absolute Gasteiger partial charge is 0.270 e. The number of aryl methyl sites for hydroxylation is 1. The summed E-state index contributed by atoms with van der Waals surface area (Å²) in [5, 5.41) is 0. The van der Waals surface area contributed by atoms with Crippen LogP contribution in [0, 0.1) is 6.92 Å². The van der Waals surface area contributed by atoms with Gasteiger partial charge in [0.15, 0.2) is 5.58 Å². The first-order valence-electron chi connectivity index (χ1n) is 9.67. The third kappa shape index (κ3) is 2.91. The molecule has 140 valence electrons. The predicted octanol–water partition coefficient (Wildman–Crippen LogP) is 4.79. The second-order valence-electron chi connectivity index (χ2n) is 7.52. The van der Waals surface area contributed by atoms with Gasteiger partial charge in [0.2, 0.25) is 0 Å². The van der Waals surface area contributed by atoms with Crippen LogP contribution in [0.3, 0.4) is 0 Å². The Hall–Kier alpha value is -3.27. The molecule has 5 rings (SSSR count). The van der Waals surface area contributed by atoms with Crippen LogP contribution in [0.1, 0.15) is 32.7 Å². The molecule has 0 saturated carbocycles. The largest absolute Gasteiger partial charge is 0.463 e. The van der Waals surface area contributed by atoms with Crippen molar-refractivity contribution in [2.45, 2.75) is 26.4 Å². The van der Waals surface area contributed by atoms with Gasteiger partial charge in [0, 0.05) is 31.8 Å².